The van der Waals surface area contributed by atoms with Crippen LogP contribution < -0.4 is 5.32 Å². The molecular formula is C17H28N2O2. The Morgan fingerprint density at radius 3 is 2.67 bits per heavy atom. The summed E-state index contributed by atoms with van der Waals surface area (Å²) in [6.45, 7) is 10.2. The lowest BCUT2D eigenvalue weighted by Gasteiger charge is -2.27. The molecule has 4 heteroatoms. The topological polar surface area (TPSA) is 41.6 Å². The molecular weight excluding hydrogens is 264 g/mol. The molecule has 0 aliphatic heterocycles. The maximum absolute atomic E-state index is 12.9. The standard InChI is InChI=1S/C17H28N2O2/c1-6-9-18-16-8-7-14(4)12-15(16)17(20)19(13(2)3)10-11-21-5/h7-8,12-13,18H,6,9-11H2,1-5H3. The molecule has 118 valence electrons. The van der Waals surface area contributed by atoms with Crippen molar-refractivity contribution in [1.82, 2.24) is 4.90 Å². The smallest absolute Gasteiger partial charge is 0.256 e. The minimum atomic E-state index is 0.0596. The number of benzene rings is 1. The fraction of sp³-hybridized carbons (Fsp3) is 0.588. The first-order valence-electron chi connectivity index (χ1n) is 7.65. The van der Waals surface area contributed by atoms with Gasteiger partial charge < -0.3 is 15.0 Å². The number of carbonyl (C=O) groups is 1. The molecule has 0 atom stereocenters. The zero-order chi connectivity index (χ0) is 15.8. The Hall–Kier alpha value is -1.55. The minimum Gasteiger partial charge on any atom is -0.384 e. The van der Waals surface area contributed by atoms with Crippen LogP contribution in [-0.4, -0.2) is 43.7 Å². The molecule has 0 aromatic heterocycles. The van der Waals surface area contributed by atoms with Crippen molar-refractivity contribution < 1.29 is 9.53 Å². The van der Waals surface area contributed by atoms with Crippen LogP contribution in [0.4, 0.5) is 5.69 Å². The summed E-state index contributed by atoms with van der Waals surface area (Å²) in [6, 6.07) is 6.13. The van der Waals surface area contributed by atoms with Crippen molar-refractivity contribution >= 4 is 11.6 Å². The SMILES string of the molecule is CCCNc1ccc(C)cc1C(=O)N(CCOC)C(C)C. The number of hydrogen-bond acceptors (Lipinski definition) is 3. The molecule has 0 aliphatic rings. The van der Waals surface area contributed by atoms with Gasteiger partial charge in [-0.15, -0.1) is 0 Å². The van der Waals surface area contributed by atoms with Gasteiger partial charge in [0.2, 0.25) is 0 Å². The van der Waals surface area contributed by atoms with Crippen LogP contribution in [0.15, 0.2) is 18.2 Å². The van der Waals surface area contributed by atoms with E-state index in [1.807, 2.05) is 43.9 Å². The van der Waals surface area contributed by atoms with E-state index >= 15 is 0 Å². The zero-order valence-corrected chi connectivity index (χ0v) is 13.9. The Labute approximate surface area is 128 Å². The summed E-state index contributed by atoms with van der Waals surface area (Å²) in [5, 5.41) is 3.34. The van der Waals surface area contributed by atoms with Gasteiger partial charge in [0.15, 0.2) is 0 Å². The molecule has 0 saturated heterocycles. The van der Waals surface area contributed by atoms with E-state index in [0.717, 1.165) is 29.8 Å². The Bertz CT molecular complexity index is 458. The molecule has 0 fully saturated rings. The van der Waals surface area contributed by atoms with Crippen LogP contribution in [0.1, 0.15) is 43.1 Å². The van der Waals surface area contributed by atoms with E-state index in [-0.39, 0.29) is 11.9 Å². The summed E-state index contributed by atoms with van der Waals surface area (Å²) in [7, 11) is 1.66. The van der Waals surface area contributed by atoms with Gasteiger partial charge in [-0.2, -0.15) is 0 Å². The number of nitrogens with one attached hydrogen (secondary N) is 1. The van der Waals surface area contributed by atoms with E-state index in [0.29, 0.717) is 13.2 Å². The van der Waals surface area contributed by atoms with Crippen molar-refractivity contribution in [2.45, 2.75) is 40.2 Å². The van der Waals surface area contributed by atoms with Crippen molar-refractivity contribution in [3.05, 3.63) is 29.3 Å². The number of anilines is 1. The summed E-state index contributed by atoms with van der Waals surface area (Å²) in [4.78, 5) is 14.7. The second kappa shape index (κ2) is 8.67. The highest BCUT2D eigenvalue weighted by atomic mass is 16.5. The Morgan fingerprint density at radius 2 is 2.10 bits per heavy atom. The highest BCUT2D eigenvalue weighted by Crippen LogP contribution is 2.20. The van der Waals surface area contributed by atoms with Crippen LogP contribution in [0.5, 0.6) is 0 Å². The van der Waals surface area contributed by atoms with Gasteiger partial charge in [0.25, 0.3) is 5.91 Å². The molecule has 1 aromatic carbocycles. The maximum Gasteiger partial charge on any atom is 0.256 e. The monoisotopic (exact) mass is 292 g/mol. The van der Waals surface area contributed by atoms with Gasteiger partial charge in [-0.05, 0) is 39.3 Å². The van der Waals surface area contributed by atoms with E-state index in [1.165, 1.54) is 0 Å². The van der Waals surface area contributed by atoms with Gasteiger partial charge in [0, 0.05) is 31.9 Å². The molecule has 0 heterocycles. The zero-order valence-electron chi connectivity index (χ0n) is 13.9. The molecule has 4 nitrogen and oxygen atoms in total. The molecule has 0 saturated carbocycles. The van der Waals surface area contributed by atoms with E-state index in [2.05, 4.69) is 12.2 Å². The molecule has 0 aliphatic carbocycles. The van der Waals surface area contributed by atoms with Gasteiger partial charge >= 0.3 is 0 Å². The fourth-order valence-corrected chi connectivity index (χ4v) is 2.19. The molecule has 1 rings (SSSR count). The summed E-state index contributed by atoms with van der Waals surface area (Å²) in [6.07, 6.45) is 1.03. The summed E-state index contributed by atoms with van der Waals surface area (Å²) >= 11 is 0. The average molecular weight is 292 g/mol. The van der Waals surface area contributed by atoms with Gasteiger partial charge in [-0.3, -0.25) is 4.79 Å². The molecule has 21 heavy (non-hydrogen) atoms. The normalized spacial score (nSPS) is 10.8. The number of methoxy groups -OCH3 is 1. The molecule has 1 amide bonds. The number of carbonyl (C=O) groups excluding carboxylic acids is 1. The van der Waals surface area contributed by atoms with E-state index in [1.54, 1.807) is 7.11 Å². The minimum absolute atomic E-state index is 0.0596. The number of nitrogens with zero attached hydrogens (tertiary/aromatic N) is 1. The summed E-state index contributed by atoms with van der Waals surface area (Å²) in [5.74, 6) is 0.0596. The molecule has 1 aromatic rings. The Kier molecular flexibility index (Phi) is 7.23. The van der Waals surface area contributed by atoms with Crippen LogP contribution in [-0.2, 0) is 4.74 Å². The summed E-state index contributed by atoms with van der Waals surface area (Å²) < 4.78 is 5.12. The fourth-order valence-electron chi connectivity index (χ4n) is 2.19. The number of hydrogen-bond donors (Lipinski definition) is 1. The first kappa shape index (κ1) is 17.5. The molecule has 0 radical (unpaired) electrons. The third-order valence-electron chi connectivity index (χ3n) is 3.39. The van der Waals surface area contributed by atoms with E-state index in [9.17, 15) is 4.79 Å². The lowest BCUT2D eigenvalue weighted by atomic mass is 10.1. The van der Waals surface area contributed by atoms with Crippen LogP contribution >= 0.6 is 0 Å². The van der Waals surface area contributed by atoms with Gasteiger partial charge in [-0.1, -0.05) is 18.6 Å². The number of ether oxygens (including phenoxy) is 1. The Balaban J connectivity index is 3.04. The van der Waals surface area contributed by atoms with Crippen molar-refractivity contribution in [3.8, 4) is 0 Å². The second-order valence-corrected chi connectivity index (χ2v) is 5.56. The van der Waals surface area contributed by atoms with Crippen LogP contribution in [0, 0.1) is 6.92 Å². The largest absolute Gasteiger partial charge is 0.384 e. The summed E-state index contributed by atoms with van der Waals surface area (Å²) in [5.41, 5.74) is 2.75. The predicted octanol–water partition coefficient (Wildman–Crippen LogP) is 3.31. The van der Waals surface area contributed by atoms with Crippen LogP contribution in [0.3, 0.4) is 0 Å². The van der Waals surface area contributed by atoms with Crippen molar-refractivity contribution in [2.24, 2.45) is 0 Å². The highest BCUT2D eigenvalue weighted by Gasteiger charge is 2.21. The number of aryl methyl sites for hydroxylation is 1. The second-order valence-electron chi connectivity index (χ2n) is 5.56. The number of rotatable bonds is 8. The quantitative estimate of drug-likeness (QED) is 0.799. The van der Waals surface area contributed by atoms with Gasteiger partial charge in [0.1, 0.15) is 0 Å². The molecule has 0 bridgehead atoms. The van der Waals surface area contributed by atoms with Gasteiger partial charge in [-0.25, -0.2) is 0 Å². The maximum atomic E-state index is 12.9. The molecule has 1 N–H and O–H groups in total. The number of amides is 1. The van der Waals surface area contributed by atoms with E-state index in [4.69, 9.17) is 4.74 Å². The van der Waals surface area contributed by atoms with Crippen molar-refractivity contribution in [3.63, 3.8) is 0 Å². The van der Waals surface area contributed by atoms with Crippen molar-refractivity contribution in [2.75, 3.05) is 32.1 Å². The lowest BCUT2D eigenvalue weighted by Crippen LogP contribution is -2.39. The lowest BCUT2D eigenvalue weighted by molar-refractivity contribution is 0.0636. The third-order valence-corrected chi connectivity index (χ3v) is 3.39. The Morgan fingerprint density at radius 1 is 1.38 bits per heavy atom. The first-order chi connectivity index (χ1) is 10.0. The molecule has 0 spiro atoms. The first-order valence-corrected chi connectivity index (χ1v) is 7.65. The van der Waals surface area contributed by atoms with Gasteiger partial charge in [0.05, 0.1) is 12.2 Å². The van der Waals surface area contributed by atoms with Crippen LogP contribution in [0.2, 0.25) is 0 Å². The predicted molar refractivity (Wildman–Crippen MR) is 88.0 cm³/mol. The third kappa shape index (κ3) is 5.05. The van der Waals surface area contributed by atoms with Crippen molar-refractivity contribution in [1.29, 1.82) is 0 Å². The van der Waals surface area contributed by atoms with Crippen LogP contribution in [0.25, 0.3) is 0 Å². The molecule has 0 unspecified atom stereocenters. The van der Waals surface area contributed by atoms with E-state index < -0.39 is 0 Å². The average Bonchev–Trinajstić information content (AvgIpc) is 2.45. The highest BCUT2D eigenvalue weighted by molar-refractivity contribution is 6.00.